The van der Waals surface area contributed by atoms with E-state index in [1.165, 1.54) is 38.5 Å². The van der Waals surface area contributed by atoms with Crippen LogP contribution in [0.1, 0.15) is 72.1 Å². The quantitative estimate of drug-likeness (QED) is 0.709. The van der Waals surface area contributed by atoms with E-state index in [2.05, 4.69) is 20.8 Å². The molecule has 108 valence electrons. The first-order valence-corrected chi connectivity index (χ1v) is 8.13. The van der Waals surface area contributed by atoms with Gasteiger partial charge in [-0.05, 0) is 49.4 Å². The lowest BCUT2D eigenvalue weighted by Gasteiger charge is -2.38. The summed E-state index contributed by atoms with van der Waals surface area (Å²) < 4.78 is 5.91. The van der Waals surface area contributed by atoms with E-state index in [4.69, 9.17) is 4.74 Å². The third kappa shape index (κ3) is 2.02. The smallest absolute Gasteiger partial charge is 0.306 e. The van der Waals surface area contributed by atoms with E-state index >= 15 is 0 Å². The molecular weight excluding hydrogens is 236 g/mol. The molecule has 0 aromatic rings. The van der Waals surface area contributed by atoms with Crippen molar-refractivity contribution >= 4 is 5.97 Å². The summed E-state index contributed by atoms with van der Waals surface area (Å²) in [5, 5.41) is 0. The Labute approximate surface area is 117 Å². The van der Waals surface area contributed by atoms with E-state index in [0.717, 1.165) is 12.3 Å². The van der Waals surface area contributed by atoms with Crippen molar-refractivity contribution in [2.45, 2.75) is 78.2 Å². The summed E-state index contributed by atoms with van der Waals surface area (Å²) in [7, 11) is 0. The molecule has 0 saturated heterocycles. The molecule has 0 radical (unpaired) electrons. The number of hydrogen-bond donors (Lipinski definition) is 0. The Morgan fingerprint density at radius 1 is 1.16 bits per heavy atom. The van der Waals surface area contributed by atoms with Crippen molar-refractivity contribution in [1.29, 1.82) is 0 Å². The van der Waals surface area contributed by atoms with E-state index in [1.807, 2.05) is 0 Å². The summed E-state index contributed by atoms with van der Waals surface area (Å²) in [5.74, 6) is 1.43. The normalized spacial score (nSPS) is 40.8. The van der Waals surface area contributed by atoms with E-state index in [0.29, 0.717) is 17.8 Å². The molecule has 0 spiro atoms. The van der Waals surface area contributed by atoms with Gasteiger partial charge in [0, 0.05) is 11.8 Å². The van der Waals surface area contributed by atoms with Crippen molar-refractivity contribution in [1.82, 2.24) is 0 Å². The standard InChI is InChI=1S/C17H28O2/c1-16(2)13-8-9-17(16,3)14(11-13)19-15(18)10-12-6-4-5-7-12/h12-14H,4-11H2,1-3H3. The molecule has 2 heteroatoms. The number of fused-ring (bicyclic) bond motifs is 2. The van der Waals surface area contributed by atoms with E-state index in [-0.39, 0.29) is 17.5 Å². The third-order valence-corrected chi connectivity index (χ3v) is 6.92. The van der Waals surface area contributed by atoms with Crippen LogP contribution in [0.3, 0.4) is 0 Å². The van der Waals surface area contributed by atoms with Crippen LogP contribution in [-0.2, 0) is 9.53 Å². The summed E-state index contributed by atoms with van der Waals surface area (Å²) in [6, 6.07) is 0. The second kappa shape index (κ2) is 4.49. The van der Waals surface area contributed by atoms with Gasteiger partial charge in [-0.3, -0.25) is 4.79 Å². The van der Waals surface area contributed by atoms with Crippen molar-refractivity contribution in [3.8, 4) is 0 Å². The summed E-state index contributed by atoms with van der Waals surface area (Å²) in [6.45, 7) is 7.08. The van der Waals surface area contributed by atoms with Crippen LogP contribution in [0.5, 0.6) is 0 Å². The third-order valence-electron chi connectivity index (χ3n) is 6.92. The molecule has 0 aliphatic heterocycles. The van der Waals surface area contributed by atoms with Gasteiger partial charge in [-0.1, -0.05) is 33.6 Å². The molecule has 0 amide bonds. The summed E-state index contributed by atoms with van der Waals surface area (Å²) in [5.41, 5.74) is 0.550. The van der Waals surface area contributed by atoms with Crippen molar-refractivity contribution in [3.05, 3.63) is 0 Å². The Morgan fingerprint density at radius 3 is 2.37 bits per heavy atom. The average molecular weight is 264 g/mol. The van der Waals surface area contributed by atoms with E-state index < -0.39 is 0 Å². The van der Waals surface area contributed by atoms with Crippen LogP contribution < -0.4 is 0 Å². The van der Waals surface area contributed by atoms with Crippen molar-refractivity contribution < 1.29 is 9.53 Å². The van der Waals surface area contributed by atoms with Gasteiger partial charge in [0.2, 0.25) is 0 Å². The number of carbonyl (C=O) groups excluding carboxylic acids is 1. The Morgan fingerprint density at radius 2 is 1.84 bits per heavy atom. The zero-order valence-corrected chi connectivity index (χ0v) is 12.7. The average Bonchev–Trinajstić information content (AvgIpc) is 2.95. The molecule has 2 bridgehead atoms. The molecule has 19 heavy (non-hydrogen) atoms. The molecule has 0 aromatic carbocycles. The van der Waals surface area contributed by atoms with Crippen molar-refractivity contribution in [2.75, 3.05) is 0 Å². The monoisotopic (exact) mass is 264 g/mol. The zero-order chi connectivity index (χ0) is 13.7. The molecule has 3 atom stereocenters. The fourth-order valence-electron chi connectivity index (χ4n) is 4.97. The van der Waals surface area contributed by atoms with Gasteiger partial charge >= 0.3 is 5.97 Å². The highest BCUT2D eigenvalue weighted by molar-refractivity contribution is 5.70. The van der Waals surface area contributed by atoms with Gasteiger partial charge in [-0.15, -0.1) is 0 Å². The minimum absolute atomic E-state index is 0.0708. The van der Waals surface area contributed by atoms with Crippen molar-refractivity contribution in [2.24, 2.45) is 22.7 Å². The van der Waals surface area contributed by atoms with Crippen LogP contribution in [-0.4, -0.2) is 12.1 Å². The predicted molar refractivity (Wildman–Crippen MR) is 75.7 cm³/mol. The largest absolute Gasteiger partial charge is 0.462 e. The number of esters is 1. The topological polar surface area (TPSA) is 26.3 Å². The lowest BCUT2D eigenvalue weighted by Crippen LogP contribution is -2.38. The zero-order valence-electron chi connectivity index (χ0n) is 12.7. The van der Waals surface area contributed by atoms with Crippen LogP contribution in [0.4, 0.5) is 0 Å². The molecule has 3 aliphatic rings. The SMILES string of the molecule is CC1(C)C2CCC1(C)C(OC(=O)CC1CCCC1)C2. The highest BCUT2D eigenvalue weighted by Gasteiger charge is 2.62. The first-order chi connectivity index (χ1) is 8.93. The molecule has 3 saturated carbocycles. The number of carbonyl (C=O) groups is 1. The molecule has 3 unspecified atom stereocenters. The van der Waals surface area contributed by atoms with Crippen LogP contribution in [0.15, 0.2) is 0 Å². The van der Waals surface area contributed by atoms with E-state index in [9.17, 15) is 4.79 Å². The summed E-state index contributed by atoms with van der Waals surface area (Å²) in [4.78, 5) is 12.2. The van der Waals surface area contributed by atoms with Crippen LogP contribution in [0.2, 0.25) is 0 Å². The molecule has 3 fully saturated rings. The van der Waals surface area contributed by atoms with Crippen LogP contribution in [0, 0.1) is 22.7 Å². The second-order valence-corrected chi connectivity index (χ2v) is 7.94. The Kier molecular flexibility index (Phi) is 3.18. The molecule has 3 aliphatic carbocycles. The van der Waals surface area contributed by atoms with E-state index in [1.54, 1.807) is 0 Å². The molecule has 0 N–H and O–H groups in total. The van der Waals surface area contributed by atoms with Crippen molar-refractivity contribution in [3.63, 3.8) is 0 Å². The molecule has 0 aromatic heterocycles. The Bertz CT molecular complexity index is 367. The van der Waals surface area contributed by atoms with Gasteiger partial charge in [-0.2, -0.15) is 0 Å². The van der Waals surface area contributed by atoms with Gasteiger partial charge in [-0.25, -0.2) is 0 Å². The van der Waals surface area contributed by atoms with Gasteiger partial charge < -0.3 is 4.74 Å². The summed E-state index contributed by atoms with van der Waals surface area (Å²) >= 11 is 0. The number of hydrogen-bond acceptors (Lipinski definition) is 2. The number of rotatable bonds is 3. The first-order valence-electron chi connectivity index (χ1n) is 8.13. The Balaban J connectivity index is 1.60. The van der Waals surface area contributed by atoms with Gasteiger partial charge in [0.1, 0.15) is 6.10 Å². The fourth-order valence-corrected chi connectivity index (χ4v) is 4.97. The minimum Gasteiger partial charge on any atom is -0.462 e. The van der Waals surface area contributed by atoms with Crippen LogP contribution in [0.25, 0.3) is 0 Å². The molecule has 2 nitrogen and oxygen atoms in total. The predicted octanol–water partition coefficient (Wildman–Crippen LogP) is 4.32. The minimum atomic E-state index is 0.0708. The molecule has 3 rings (SSSR count). The van der Waals surface area contributed by atoms with Gasteiger partial charge in [0.15, 0.2) is 0 Å². The maximum atomic E-state index is 12.2. The van der Waals surface area contributed by atoms with Gasteiger partial charge in [0.25, 0.3) is 0 Å². The Hall–Kier alpha value is -0.530. The summed E-state index contributed by atoms with van der Waals surface area (Å²) in [6.07, 6.45) is 9.54. The van der Waals surface area contributed by atoms with Crippen LogP contribution >= 0.6 is 0 Å². The molecular formula is C17H28O2. The molecule has 0 heterocycles. The lowest BCUT2D eigenvalue weighted by atomic mass is 9.70. The maximum absolute atomic E-state index is 12.2. The first kappa shape index (κ1) is 13.5. The maximum Gasteiger partial charge on any atom is 0.306 e. The highest BCUT2D eigenvalue weighted by atomic mass is 16.5. The second-order valence-electron chi connectivity index (χ2n) is 7.94. The lowest BCUT2D eigenvalue weighted by molar-refractivity contribution is -0.158. The fraction of sp³-hybridized carbons (Fsp3) is 0.941. The number of ether oxygens (including phenoxy) is 1. The highest BCUT2D eigenvalue weighted by Crippen LogP contribution is 2.66. The van der Waals surface area contributed by atoms with Gasteiger partial charge in [0.05, 0.1) is 0 Å².